The van der Waals surface area contributed by atoms with Crippen molar-refractivity contribution in [2.75, 3.05) is 18.9 Å². The molecule has 2 N–H and O–H groups in total. The first-order chi connectivity index (χ1) is 7.25. The van der Waals surface area contributed by atoms with Gasteiger partial charge in [-0.1, -0.05) is 0 Å². The van der Waals surface area contributed by atoms with Crippen LogP contribution in [0.25, 0.3) is 0 Å². The number of aromatic nitrogens is 1. The van der Waals surface area contributed by atoms with E-state index < -0.39 is 0 Å². The Labute approximate surface area is 87.8 Å². The lowest BCUT2D eigenvalue weighted by Crippen LogP contribution is -2.28. The van der Waals surface area contributed by atoms with Crippen LogP contribution >= 0.6 is 0 Å². The van der Waals surface area contributed by atoms with Crippen LogP contribution in [-0.4, -0.2) is 29.1 Å². The maximum absolute atomic E-state index is 11.6. The van der Waals surface area contributed by atoms with Gasteiger partial charge in [-0.25, -0.2) is 5.06 Å². The zero-order chi connectivity index (χ0) is 10.7. The van der Waals surface area contributed by atoms with Crippen LogP contribution < -0.4 is 5.73 Å². The van der Waals surface area contributed by atoms with Gasteiger partial charge in [0, 0.05) is 5.69 Å². The summed E-state index contributed by atoms with van der Waals surface area (Å²) in [6, 6.07) is 3.49. The monoisotopic (exact) mass is 207 g/mol. The highest BCUT2D eigenvalue weighted by Crippen LogP contribution is 2.08. The molecule has 0 aliphatic carbocycles. The minimum absolute atomic E-state index is 0.0511. The largest absolute Gasteiger partial charge is 0.397 e. The van der Waals surface area contributed by atoms with Crippen LogP contribution in [0.3, 0.4) is 0 Å². The summed E-state index contributed by atoms with van der Waals surface area (Å²) in [6.45, 7) is 1.30. The number of anilines is 1. The maximum Gasteiger partial charge on any atom is 0.252 e. The Bertz CT molecular complexity index is 344. The number of carbonyl (C=O) groups is 1. The van der Waals surface area contributed by atoms with Crippen molar-refractivity contribution in [2.24, 2.45) is 0 Å². The fourth-order valence-corrected chi connectivity index (χ4v) is 1.43. The Kier molecular flexibility index (Phi) is 2.82. The molecule has 2 heterocycles. The molecule has 80 valence electrons. The molecule has 0 bridgehead atoms. The summed E-state index contributed by atoms with van der Waals surface area (Å²) >= 11 is 0. The minimum Gasteiger partial charge on any atom is -0.397 e. The van der Waals surface area contributed by atoms with Crippen molar-refractivity contribution in [2.45, 2.75) is 12.8 Å². The summed E-state index contributed by atoms with van der Waals surface area (Å²) < 4.78 is 0. The Morgan fingerprint density at radius 1 is 1.60 bits per heavy atom. The molecule has 1 amide bonds. The fraction of sp³-hybridized carbons (Fsp3) is 0.400. The summed E-state index contributed by atoms with van der Waals surface area (Å²) in [5.74, 6) is -0.0511. The number of hydrogen-bond acceptors (Lipinski definition) is 4. The van der Waals surface area contributed by atoms with E-state index in [-0.39, 0.29) is 12.3 Å². The number of carbonyl (C=O) groups excluding carboxylic acids is 1. The molecule has 5 heteroatoms. The summed E-state index contributed by atoms with van der Waals surface area (Å²) in [6.07, 6.45) is 2.72. The fourth-order valence-electron chi connectivity index (χ4n) is 1.43. The highest BCUT2D eigenvalue weighted by Gasteiger charge is 2.19. The Hall–Kier alpha value is -1.62. The molecule has 5 nitrogen and oxygen atoms in total. The Morgan fingerprint density at radius 2 is 2.47 bits per heavy atom. The van der Waals surface area contributed by atoms with Crippen molar-refractivity contribution >= 4 is 11.6 Å². The lowest BCUT2D eigenvalue weighted by atomic mass is 10.2. The van der Waals surface area contributed by atoms with Crippen LogP contribution in [-0.2, 0) is 16.1 Å². The standard InChI is InChI=1S/C10H13N3O2/c11-8-2-3-9(12-7-8)6-10(14)13-4-1-5-15-13/h2-3,7H,1,4-6,11H2. The van der Waals surface area contributed by atoms with E-state index in [2.05, 4.69) is 4.98 Å². The van der Waals surface area contributed by atoms with Gasteiger partial charge in [0.1, 0.15) is 0 Å². The lowest BCUT2D eigenvalue weighted by molar-refractivity contribution is -0.167. The van der Waals surface area contributed by atoms with Crippen LogP contribution in [0.4, 0.5) is 5.69 Å². The van der Waals surface area contributed by atoms with Gasteiger partial charge in [0.05, 0.1) is 31.5 Å². The van der Waals surface area contributed by atoms with Gasteiger partial charge in [0.15, 0.2) is 0 Å². The van der Waals surface area contributed by atoms with E-state index in [1.165, 1.54) is 5.06 Å². The van der Waals surface area contributed by atoms with E-state index in [4.69, 9.17) is 10.6 Å². The van der Waals surface area contributed by atoms with Gasteiger partial charge in [-0.05, 0) is 18.6 Å². The first-order valence-electron chi connectivity index (χ1n) is 4.89. The molecule has 15 heavy (non-hydrogen) atoms. The molecule has 0 aromatic carbocycles. The van der Waals surface area contributed by atoms with Crippen molar-refractivity contribution in [1.29, 1.82) is 0 Å². The summed E-state index contributed by atoms with van der Waals surface area (Å²) in [7, 11) is 0. The SMILES string of the molecule is Nc1ccc(CC(=O)N2CCCO2)nc1. The number of hydroxylamine groups is 2. The van der Waals surface area contributed by atoms with Gasteiger partial charge in [-0.3, -0.25) is 14.6 Å². The Morgan fingerprint density at radius 3 is 3.07 bits per heavy atom. The molecule has 1 saturated heterocycles. The summed E-state index contributed by atoms with van der Waals surface area (Å²) in [4.78, 5) is 20.8. The van der Waals surface area contributed by atoms with Gasteiger partial charge < -0.3 is 5.73 Å². The second-order valence-corrected chi connectivity index (χ2v) is 3.44. The molecule has 1 aromatic heterocycles. The first-order valence-corrected chi connectivity index (χ1v) is 4.89. The zero-order valence-electron chi connectivity index (χ0n) is 8.35. The number of nitrogens with two attached hydrogens (primary N) is 1. The molecule has 0 atom stereocenters. The van der Waals surface area contributed by atoms with Crippen LogP contribution in [0.15, 0.2) is 18.3 Å². The van der Waals surface area contributed by atoms with Crippen molar-refractivity contribution in [1.82, 2.24) is 10.0 Å². The average Bonchev–Trinajstić information content (AvgIpc) is 2.74. The molecule has 1 fully saturated rings. The van der Waals surface area contributed by atoms with Crippen molar-refractivity contribution in [3.63, 3.8) is 0 Å². The molecular weight excluding hydrogens is 194 g/mol. The van der Waals surface area contributed by atoms with Crippen LogP contribution in [0.5, 0.6) is 0 Å². The number of rotatable bonds is 2. The molecule has 0 unspecified atom stereocenters. The average molecular weight is 207 g/mol. The predicted molar refractivity (Wildman–Crippen MR) is 54.6 cm³/mol. The van der Waals surface area contributed by atoms with Crippen LogP contribution in [0.2, 0.25) is 0 Å². The number of amides is 1. The van der Waals surface area contributed by atoms with Gasteiger partial charge >= 0.3 is 0 Å². The number of hydrogen-bond donors (Lipinski definition) is 1. The molecule has 0 radical (unpaired) electrons. The first kappa shape index (κ1) is 9.92. The van der Waals surface area contributed by atoms with Crippen molar-refractivity contribution in [3.05, 3.63) is 24.0 Å². The quantitative estimate of drug-likeness (QED) is 0.760. The highest BCUT2D eigenvalue weighted by atomic mass is 16.7. The second-order valence-electron chi connectivity index (χ2n) is 3.44. The molecule has 0 spiro atoms. The molecular formula is C10H13N3O2. The van der Waals surface area contributed by atoms with Gasteiger partial charge in [-0.2, -0.15) is 0 Å². The van der Waals surface area contributed by atoms with E-state index in [1.807, 2.05) is 0 Å². The topological polar surface area (TPSA) is 68.5 Å². The predicted octanol–water partition coefficient (Wildman–Crippen LogP) is 0.370. The molecule has 2 rings (SSSR count). The second kappa shape index (κ2) is 4.27. The molecule has 1 aliphatic heterocycles. The third-order valence-electron chi connectivity index (χ3n) is 2.21. The number of pyridine rings is 1. The molecule has 1 aromatic rings. The Balaban J connectivity index is 1.96. The molecule has 0 saturated carbocycles. The third kappa shape index (κ3) is 2.44. The normalized spacial score (nSPS) is 15.6. The van der Waals surface area contributed by atoms with E-state index >= 15 is 0 Å². The summed E-state index contributed by atoms with van der Waals surface area (Å²) in [5, 5.41) is 1.40. The van der Waals surface area contributed by atoms with E-state index in [0.717, 1.165) is 6.42 Å². The van der Waals surface area contributed by atoms with Crippen LogP contribution in [0.1, 0.15) is 12.1 Å². The number of nitrogen functional groups attached to an aromatic ring is 1. The van der Waals surface area contributed by atoms with Crippen LogP contribution in [0, 0.1) is 0 Å². The highest BCUT2D eigenvalue weighted by molar-refractivity contribution is 5.77. The van der Waals surface area contributed by atoms with Crippen molar-refractivity contribution < 1.29 is 9.63 Å². The van der Waals surface area contributed by atoms with Crippen molar-refractivity contribution in [3.8, 4) is 0 Å². The lowest BCUT2D eigenvalue weighted by Gasteiger charge is -2.13. The third-order valence-corrected chi connectivity index (χ3v) is 2.21. The minimum atomic E-state index is -0.0511. The van der Waals surface area contributed by atoms with E-state index in [1.54, 1.807) is 18.3 Å². The van der Waals surface area contributed by atoms with E-state index in [9.17, 15) is 4.79 Å². The summed E-state index contributed by atoms with van der Waals surface area (Å²) in [5.41, 5.74) is 6.81. The van der Waals surface area contributed by atoms with E-state index in [0.29, 0.717) is 24.5 Å². The van der Waals surface area contributed by atoms with Gasteiger partial charge in [-0.15, -0.1) is 0 Å². The molecule has 1 aliphatic rings. The smallest absolute Gasteiger partial charge is 0.252 e. The zero-order valence-corrected chi connectivity index (χ0v) is 8.35. The number of nitrogens with zero attached hydrogens (tertiary/aromatic N) is 2. The maximum atomic E-state index is 11.6. The van der Waals surface area contributed by atoms with Gasteiger partial charge in [0.2, 0.25) is 0 Å². The van der Waals surface area contributed by atoms with Gasteiger partial charge in [0.25, 0.3) is 5.91 Å².